The lowest BCUT2D eigenvalue weighted by Crippen LogP contribution is -2.16. The number of rotatable bonds is 4. The number of anilines is 1. The molecule has 1 heterocycles. The second-order valence-electron chi connectivity index (χ2n) is 4.05. The van der Waals surface area contributed by atoms with Gasteiger partial charge in [0.1, 0.15) is 6.61 Å². The van der Waals surface area contributed by atoms with E-state index in [1.807, 2.05) is 6.07 Å². The number of nitrogens with one attached hydrogen (secondary N) is 1. The zero-order chi connectivity index (χ0) is 15.2. The number of hydrogen-bond acceptors (Lipinski definition) is 4. The third kappa shape index (κ3) is 4.00. The smallest absolute Gasteiger partial charge is 0.413 e. The van der Waals surface area contributed by atoms with Gasteiger partial charge in [-0.2, -0.15) is 0 Å². The first-order chi connectivity index (χ1) is 10.1. The van der Waals surface area contributed by atoms with Gasteiger partial charge in [0.25, 0.3) is 0 Å². The minimum Gasteiger partial charge on any atom is -0.478 e. The van der Waals surface area contributed by atoms with Crippen LogP contribution in [-0.4, -0.2) is 22.2 Å². The highest BCUT2D eigenvalue weighted by Crippen LogP contribution is 2.12. The highest BCUT2D eigenvalue weighted by atomic mass is 19.1. The molecule has 0 bridgehead atoms. The number of amides is 1. The molecule has 0 fully saturated rings. The third-order valence-corrected chi connectivity index (χ3v) is 2.52. The number of pyridine rings is 1. The number of carbonyl (C=O) groups is 2. The summed E-state index contributed by atoms with van der Waals surface area (Å²) in [5.74, 6) is -2.65. The van der Waals surface area contributed by atoms with Gasteiger partial charge in [-0.1, -0.05) is 30.3 Å². The van der Waals surface area contributed by atoms with Crippen LogP contribution in [0.15, 0.2) is 42.6 Å². The summed E-state index contributed by atoms with van der Waals surface area (Å²) in [5, 5.41) is 10.8. The SMILES string of the molecule is O=C(Nc1ncc(C(=O)O)cc1F)OCc1ccccc1. The van der Waals surface area contributed by atoms with Crippen LogP contribution in [0.25, 0.3) is 0 Å². The van der Waals surface area contributed by atoms with Gasteiger partial charge in [0, 0.05) is 6.20 Å². The molecule has 0 aliphatic rings. The van der Waals surface area contributed by atoms with E-state index < -0.39 is 23.7 Å². The Balaban J connectivity index is 1.95. The molecule has 0 unspecified atom stereocenters. The molecule has 0 radical (unpaired) electrons. The number of nitrogens with zero attached hydrogens (tertiary/aromatic N) is 1. The van der Waals surface area contributed by atoms with Crippen molar-refractivity contribution in [1.29, 1.82) is 0 Å². The maximum Gasteiger partial charge on any atom is 0.413 e. The molecule has 0 aliphatic heterocycles. The molecule has 2 aromatic rings. The van der Waals surface area contributed by atoms with E-state index in [0.29, 0.717) is 0 Å². The van der Waals surface area contributed by atoms with Crippen molar-refractivity contribution < 1.29 is 23.8 Å². The van der Waals surface area contributed by atoms with Crippen LogP contribution >= 0.6 is 0 Å². The van der Waals surface area contributed by atoms with Crippen molar-refractivity contribution in [2.24, 2.45) is 0 Å². The Hall–Kier alpha value is -2.96. The Morgan fingerprint density at radius 1 is 1.29 bits per heavy atom. The summed E-state index contributed by atoms with van der Waals surface area (Å²) >= 11 is 0. The van der Waals surface area contributed by atoms with Crippen molar-refractivity contribution in [2.45, 2.75) is 6.61 Å². The minimum absolute atomic E-state index is 0.0293. The minimum atomic E-state index is -1.31. The van der Waals surface area contributed by atoms with E-state index in [4.69, 9.17) is 9.84 Å². The number of hydrogen-bond donors (Lipinski definition) is 2. The lowest BCUT2D eigenvalue weighted by Gasteiger charge is -2.07. The zero-order valence-electron chi connectivity index (χ0n) is 10.7. The first-order valence-electron chi connectivity index (χ1n) is 5.93. The predicted octanol–water partition coefficient (Wildman–Crippen LogP) is 2.67. The Labute approximate surface area is 119 Å². The Morgan fingerprint density at radius 3 is 2.62 bits per heavy atom. The van der Waals surface area contributed by atoms with Crippen molar-refractivity contribution in [3.63, 3.8) is 0 Å². The molecule has 0 atom stereocenters. The van der Waals surface area contributed by atoms with Crippen LogP contribution in [0, 0.1) is 5.82 Å². The van der Waals surface area contributed by atoms with E-state index >= 15 is 0 Å². The average Bonchev–Trinajstić information content (AvgIpc) is 2.48. The first kappa shape index (κ1) is 14.4. The first-order valence-corrected chi connectivity index (χ1v) is 5.93. The van der Waals surface area contributed by atoms with Gasteiger partial charge < -0.3 is 9.84 Å². The van der Waals surface area contributed by atoms with Crippen LogP contribution in [0.2, 0.25) is 0 Å². The summed E-state index contributed by atoms with van der Waals surface area (Å²) in [5.41, 5.74) is 0.470. The number of ether oxygens (including phenoxy) is 1. The van der Waals surface area contributed by atoms with Crippen molar-refractivity contribution in [1.82, 2.24) is 4.98 Å². The molecule has 1 aromatic carbocycles. The average molecular weight is 290 g/mol. The summed E-state index contributed by atoms with van der Waals surface area (Å²) in [7, 11) is 0. The number of halogens is 1. The molecule has 0 saturated carbocycles. The van der Waals surface area contributed by atoms with E-state index in [9.17, 15) is 14.0 Å². The van der Waals surface area contributed by atoms with Crippen molar-refractivity contribution in [3.05, 3.63) is 59.5 Å². The predicted molar refractivity (Wildman–Crippen MR) is 71.4 cm³/mol. The number of aromatic nitrogens is 1. The van der Waals surface area contributed by atoms with Gasteiger partial charge in [0.15, 0.2) is 11.6 Å². The number of carbonyl (C=O) groups excluding carboxylic acids is 1. The molecule has 6 nitrogen and oxygen atoms in total. The molecule has 21 heavy (non-hydrogen) atoms. The van der Waals surface area contributed by atoms with Crippen LogP contribution in [0.5, 0.6) is 0 Å². The largest absolute Gasteiger partial charge is 0.478 e. The van der Waals surface area contributed by atoms with E-state index in [1.54, 1.807) is 24.3 Å². The lowest BCUT2D eigenvalue weighted by molar-refractivity contribution is 0.0696. The molecule has 0 aliphatic carbocycles. The van der Waals surface area contributed by atoms with E-state index in [1.165, 1.54) is 0 Å². The Morgan fingerprint density at radius 2 is 2.00 bits per heavy atom. The van der Waals surface area contributed by atoms with Gasteiger partial charge in [-0.3, -0.25) is 5.32 Å². The molecule has 1 aromatic heterocycles. The second kappa shape index (κ2) is 6.47. The van der Waals surface area contributed by atoms with Gasteiger partial charge in [0.05, 0.1) is 5.56 Å². The summed E-state index contributed by atoms with van der Waals surface area (Å²) < 4.78 is 18.4. The van der Waals surface area contributed by atoms with Gasteiger partial charge in [-0.25, -0.2) is 19.0 Å². The molecule has 2 rings (SSSR count). The van der Waals surface area contributed by atoms with Gasteiger partial charge >= 0.3 is 12.1 Å². The molecule has 2 N–H and O–H groups in total. The number of benzene rings is 1. The molecular formula is C14H11FN2O4. The van der Waals surface area contributed by atoms with Crippen LogP contribution in [0.3, 0.4) is 0 Å². The Bertz CT molecular complexity index is 661. The van der Waals surface area contributed by atoms with Crippen LogP contribution in [0.4, 0.5) is 15.0 Å². The maximum absolute atomic E-state index is 13.5. The molecule has 108 valence electrons. The second-order valence-corrected chi connectivity index (χ2v) is 4.05. The van der Waals surface area contributed by atoms with Gasteiger partial charge in [-0.15, -0.1) is 0 Å². The van der Waals surface area contributed by atoms with Gasteiger partial charge in [0.2, 0.25) is 0 Å². The van der Waals surface area contributed by atoms with E-state index in [-0.39, 0.29) is 12.2 Å². The zero-order valence-corrected chi connectivity index (χ0v) is 10.7. The van der Waals surface area contributed by atoms with Crippen molar-refractivity contribution in [2.75, 3.05) is 5.32 Å². The normalized spacial score (nSPS) is 9.95. The number of aromatic carboxylic acids is 1. The third-order valence-electron chi connectivity index (χ3n) is 2.52. The van der Waals surface area contributed by atoms with Crippen LogP contribution in [0.1, 0.15) is 15.9 Å². The highest BCUT2D eigenvalue weighted by molar-refractivity contribution is 5.88. The molecule has 7 heteroatoms. The highest BCUT2D eigenvalue weighted by Gasteiger charge is 2.12. The van der Waals surface area contributed by atoms with E-state index in [2.05, 4.69) is 10.3 Å². The number of carboxylic acid groups (broad SMARTS) is 1. The maximum atomic E-state index is 13.5. The Kier molecular flexibility index (Phi) is 4.45. The van der Waals surface area contributed by atoms with Crippen LogP contribution in [-0.2, 0) is 11.3 Å². The fraction of sp³-hybridized carbons (Fsp3) is 0.0714. The van der Waals surface area contributed by atoms with E-state index in [0.717, 1.165) is 17.8 Å². The molecular weight excluding hydrogens is 279 g/mol. The molecule has 1 amide bonds. The summed E-state index contributed by atoms with van der Waals surface area (Å²) in [6.07, 6.45) is 0.0615. The van der Waals surface area contributed by atoms with Crippen molar-refractivity contribution >= 4 is 17.9 Å². The molecule has 0 saturated heterocycles. The van der Waals surface area contributed by atoms with Crippen molar-refractivity contribution in [3.8, 4) is 0 Å². The quantitative estimate of drug-likeness (QED) is 0.903. The fourth-order valence-corrected chi connectivity index (χ4v) is 1.50. The summed E-state index contributed by atoms with van der Waals surface area (Å²) in [4.78, 5) is 25.7. The van der Waals surface area contributed by atoms with Gasteiger partial charge in [-0.05, 0) is 11.6 Å². The monoisotopic (exact) mass is 290 g/mol. The topological polar surface area (TPSA) is 88.5 Å². The lowest BCUT2D eigenvalue weighted by atomic mass is 10.2. The van der Waals surface area contributed by atoms with Crippen LogP contribution < -0.4 is 5.32 Å². The standard InChI is InChI=1S/C14H11FN2O4/c15-11-6-10(13(18)19)7-16-12(11)17-14(20)21-8-9-4-2-1-3-5-9/h1-7H,8H2,(H,18,19)(H,16,17,20). The summed E-state index contributed by atoms with van der Waals surface area (Å²) in [6.45, 7) is 0.0293. The molecule has 0 spiro atoms. The summed E-state index contributed by atoms with van der Waals surface area (Å²) in [6, 6.07) is 9.72. The fourth-order valence-electron chi connectivity index (χ4n) is 1.50. The number of carboxylic acids is 1.